The first-order valence-electron chi connectivity index (χ1n) is 6.27. The minimum absolute atomic E-state index is 0.0977. The first kappa shape index (κ1) is 13.5. The lowest BCUT2D eigenvalue weighted by molar-refractivity contribution is -0.117. The van der Waals surface area contributed by atoms with Crippen molar-refractivity contribution in [1.29, 1.82) is 5.26 Å². The Bertz CT molecular complexity index is 496. The SMILES string of the molecule is COC1CCN(CC(=O)Nc2ccccc2C#N)C1. The van der Waals surface area contributed by atoms with Gasteiger partial charge in [0.1, 0.15) is 6.07 Å². The Hall–Kier alpha value is -1.90. The highest BCUT2D eigenvalue weighted by Crippen LogP contribution is 2.15. The van der Waals surface area contributed by atoms with Gasteiger partial charge in [0.05, 0.1) is 23.9 Å². The lowest BCUT2D eigenvalue weighted by Gasteiger charge is -2.15. The highest BCUT2D eigenvalue weighted by Gasteiger charge is 2.23. The molecule has 1 atom stereocenters. The summed E-state index contributed by atoms with van der Waals surface area (Å²) in [5.74, 6) is -0.0977. The van der Waals surface area contributed by atoms with Crippen LogP contribution < -0.4 is 5.32 Å². The number of nitriles is 1. The fraction of sp³-hybridized carbons (Fsp3) is 0.429. The Morgan fingerprint density at radius 2 is 2.37 bits per heavy atom. The molecular formula is C14H17N3O2. The van der Waals surface area contributed by atoms with E-state index < -0.39 is 0 Å². The second kappa shape index (κ2) is 6.32. The molecule has 1 aromatic rings. The average Bonchev–Trinajstić information content (AvgIpc) is 2.87. The van der Waals surface area contributed by atoms with Crippen LogP contribution in [0.4, 0.5) is 5.69 Å². The number of methoxy groups -OCH3 is 1. The number of carbonyl (C=O) groups is 1. The number of hydrogen-bond acceptors (Lipinski definition) is 4. The van der Waals surface area contributed by atoms with Gasteiger partial charge < -0.3 is 10.1 Å². The minimum atomic E-state index is -0.0977. The van der Waals surface area contributed by atoms with E-state index in [1.54, 1.807) is 31.4 Å². The highest BCUT2D eigenvalue weighted by atomic mass is 16.5. The summed E-state index contributed by atoms with van der Waals surface area (Å²) in [5, 5.41) is 11.7. The van der Waals surface area contributed by atoms with Crippen molar-refractivity contribution in [3.8, 4) is 6.07 Å². The highest BCUT2D eigenvalue weighted by molar-refractivity contribution is 5.93. The summed E-state index contributed by atoms with van der Waals surface area (Å²) in [4.78, 5) is 14.0. The van der Waals surface area contributed by atoms with Crippen LogP contribution in [0.25, 0.3) is 0 Å². The van der Waals surface area contributed by atoms with Crippen molar-refractivity contribution in [2.45, 2.75) is 12.5 Å². The number of nitrogens with zero attached hydrogens (tertiary/aromatic N) is 2. The second-order valence-electron chi connectivity index (χ2n) is 4.59. The number of anilines is 1. The number of hydrogen-bond donors (Lipinski definition) is 1. The number of nitrogens with one attached hydrogen (secondary N) is 1. The molecule has 1 saturated heterocycles. The summed E-state index contributed by atoms with van der Waals surface area (Å²) in [6.45, 7) is 1.98. The molecule has 1 unspecified atom stereocenters. The zero-order valence-corrected chi connectivity index (χ0v) is 10.9. The summed E-state index contributed by atoms with van der Waals surface area (Å²) in [5.41, 5.74) is 1.05. The van der Waals surface area contributed by atoms with E-state index in [0.29, 0.717) is 17.8 Å². The van der Waals surface area contributed by atoms with Crippen LogP contribution in [-0.2, 0) is 9.53 Å². The Kier molecular flexibility index (Phi) is 4.50. The molecule has 5 heteroatoms. The van der Waals surface area contributed by atoms with Crippen LogP contribution in [0.3, 0.4) is 0 Å². The number of likely N-dealkylation sites (tertiary alicyclic amines) is 1. The molecule has 1 aliphatic rings. The van der Waals surface area contributed by atoms with E-state index in [4.69, 9.17) is 10.00 Å². The average molecular weight is 259 g/mol. The van der Waals surface area contributed by atoms with Crippen molar-refractivity contribution < 1.29 is 9.53 Å². The van der Waals surface area contributed by atoms with Gasteiger partial charge in [0.2, 0.25) is 5.91 Å². The third-order valence-corrected chi connectivity index (χ3v) is 3.25. The minimum Gasteiger partial charge on any atom is -0.380 e. The third-order valence-electron chi connectivity index (χ3n) is 3.25. The lowest BCUT2D eigenvalue weighted by Crippen LogP contribution is -2.32. The van der Waals surface area contributed by atoms with Crippen molar-refractivity contribution in [2.24, 2.45) is 0 Å². The molecule has 0 aromatic heterocycles. The molecule has 1 aliphatic heterocycles. The van der Waals surface area contributed by atoms with Crippen molar-refractivity contribution in [1.82, 2.24) is 4.90 Å². The molecule has 1 amide bonds. The number of para-hydroxylation sites is 1. The van der Waals surface area contributed by atoms with E-state index >= 15 is 0 Å². The van der Waals surface area contributed by atoms with Crippen LogP contribution in [0, 0.1) is 11.3 Å². The maximum Gasteiger partial charge on any atom is 0.238 e. The van der Waals surface area contributed by atoms with Gasteiger partial charge in [-0.25, -0.2) is 0 Å². The molecule has 100 valence electrons. The molecule has 2 rings (SSSR count). The van der Waals surface area contributed by atoms with E-state index in [-0.39, 0.29) is 12.0 Å². The van der Waals surface area contributed by atoms with Crippen LogP contribution in [0.15, 0.2) is 24.3 Å². The van der Waals surface area contributed by atoms with Gasteiger partial charge in [0.25, 0.3) is 0 Å². The van der Waals surface area contributed by atoms with E-state index in [1.165, 1.54) is 0 Å². The standard InChI is InChI=1S/C14H17N3O2/c1-19-12-6-7-17(9-12)10-14(18)16-13-5-3-2-4-11(13)8-15/h2-5,12H,6-7,9-10H2,1H3,(H,16,18). The fourth-order valence-corrected chi connectivity index (χ4v) is 2.22. The van der Waals surface area contributed by atoms with Crippen LogP contribution in [-0.4, -0.2) is 43.7 Å². The zero-order chi connectivity index (χ0) is 13.7. The number of rotatable bonds is 4. The Morgan fingerprint density at radius 1 is 1.58 bits per heavy atom. The van der Waals surface area contributed by atoms with Crippen LogP contribution >= 0.6 is 0 Å². The summed E-state index contributed by atoms with van der Waals surface area (Å²) in [6, 6.07) is 9.06. The van der Waals surface area contributed by atoms with Gasteiger partial charge >= 0.3 is 0 Å². The van der Waals surface area contributed by atoms with Crippen LogP contribution in [0.2, 0.25) is 0 Å². The Balaban J connectivity index is 1.90. The molecule has 1 N–H and O–H groups in total. The van der Waals surface area contributed by atoms with E-state index in [1.807, 2.05) is 0 Å². The molecule has 0 saturated carbocycles. The van der Waals surface area contributed by atoms with Crippen LogP contribution in [0.1, 0.15) is 12.0 Å². The molecule has 0 aliphatic carbocycles. The monoisotopic (exact) mass is 259 g/mol. The largest absolute Gasteiger partial charge is 0.380 e. The van der Waals surface area contributed by atoms with Crippen molar-refractivity contribution >= 4 is 11.6 Å². The maximum absolute atomic E-state index is 11.9. The quantitative estimate of drug-likeness (QED) is 0.883. The molecule has 0 radical (unpaired) electrons. The lowest BCUT2D eigenvalue weighted by atomic mass is 10.2. The molecule has 19 heavy (non-hydrogen) atoms. The third kappa shape index (κ3) is 3.53. The van der Waals surface area contributed by atoms with Gasteiger partial charge in [-0.3, -0.25) is 9.69 Å². The number of amides is 1. The van der Waals surface area contributed by atoms with Gasteiger partial charge in [-0.2, -0.15) is 5.26 Å². The molecular weight excluding hydrogens is 242 g/mol. The Morgan fingerprint density at radius 3 is 3.05 bits per heavy atom. The van der Waals surface area contributed by atoms with Gasteiger partial charge in [-0.15, -0.1) is 0 Å². The number of benzene rings is 1. The first-order valence-corrected chi connectivity index (χ1v) is 6.27. The van der Waals surface area contributed by atoms with Crippen molar-refractivity contribution in [3.05, 3.63) is 29.8 Å². The number of ether oxygens (including phenoxy) is 1. The maximum atomic E-state index is 11.9. The van der Waals surface area contributed by atoms with E-state index in [2.05, 4.69) is 16.3 Å². The van der Waals surface area contributed by atoms with Gasteiger partial charge in [-0.1, -0.05) is 12.1 Å². The van der Waals surface area contributed by atoms with Gasteiger partial charge in [0.15, 0.2) is 0 Å². The smallest absolute Gasteiger partial charge is 0.238 e. The molecule has 0 spiro atoms. The summed E-state index contributed by atoms with van der Waals surface area (Å²) in [6.07, 6.45) is 1.18. The summed E-state index contributed by atoms with van der Waals surface area (Å²) < 4.78 is 5.26. The van der Waals surface area contributed by atoms with E-state index in [9.17, 15) is 4.79 Å². The van der Waals surface area contributed by atoms with Crippen molar-refractivity contribution in [3.63, 3.8) is 0 Å². The van der Waals surface area contributed by atoms with Gasteiger partial charge in [0, 0.05) is 20.2 Å². The first-order chi connectivity index (χ1) is 9.22. The molecule has 1 aromatic carbocycles. The predicted octanol–water partition coefficient (Wildman–Crippen LogP) is 1.22. The zero-order valence-electron chi connectivity index (χ0n) is 10.9. The summed E-state index contributed by atoms with van der Waals surface area (Å²) in [7, 11) is 1.69. The van der Waals surface area contributed by atoms with Gasteiger partial charge in [-0.05, 0) is 18.6 Å². The predicted molar refractivity (Wildman–Crippen MR) is 71.6 cm³/mol. The normalized spacial score (nSPS) is 19.1. The Labute approximate surface area is 112 Å². The fourth-order valence-electron chi connectivity index (χ4n) is 2.22. The van der Waals surface area contributed by atoms with Crippen LogP contribution in [0.5, 0.6) is 0 Å². The van der Waals surface area contributed by atoms with E-state index in [0.717, 1.165) is 19.5 Å². The topological polar surface area (TPSA) is 65.4 Å². The molecule has 5 nitrogen and oxygen atoms in total. The van der Waals surface area contributed by atoms with Crippen molar-refractivity contribution in [2.75, 3.05) is 32.1 Å². The summed E-state index contributed by atoms with van der Waals surface area (Å²) >= 11 is 0. The molecule has 1 heterocycles. The second-order valence-corrected chi connectivity index (χ2v) is 4.59. The molecule has 0 bridgehead atoms. The number of carbonyl (C=O) groups excluding carboxylic acids is 1. The molecule has 1 fully saturated rings.